The van der Waals surface area contributed by atoms with Crippen molar-refractivity contribution in [2.75, 3.05) is 33.7 Å². The fraction of sp³-hybridized carbons (Fsp3) is 0.400. The van der Waals surface area contributed by atoms with E-state index in [1.54, 1.807) is 0 Å². The molecule has 1 N–H and O–H groups in total. The Morgan fingerprint density at radius 2 is 1.75 bits per heavy atom. The van der Waals surface area contributed by atoms with E-state index in [9.17, 15) is 0 Å². The summed E-state index contributed by atoms with van der Waals surface area (Å²) in [5.41, 5.74) is 2.25. The summed E-state index contributed by atoms with van der Waals surface area (Å²) in [6.45, 7) is 2.72. The summed E-state index contributed by atoms with van der Waals surface area (Å²) in [6, 6.07) is 18.5. The minimum absolute atomic E-state index is 0.0790. The average Bonchev–Trinajstić information content (AvgIpc) is 2.61. The molecule has 0 radical (unpaired) electrons. The molecule has 4 nitrogen and oxygen atoms in total. The van der Waals surface area contributed by atoms with Crippen LogP contribution in [-0.2, 0) is 4.74 Å². The minimum Gasteiger partial charge on any atom is -0.463 e. The van der Waals surface area contributed by atoms with Crippen molar-refractivity contribution in [3.05, 3.63) is 65.7 Å². The summed E-state index contributed by atoms with van der Waals surface area (Å²) in [5, 5.41) is 3.44. The van der Waals surface area contributed by atoms with Crippen LogP contribution in [0.15, 0.2) is 54.6 Å². The summed E-state index contributed by atoms with van der Waals surface area (Å²) in [7, 11) is 4.18. The highest BCUT2D eigenvalue weighted by atomic mass is 16.7. The van der Waals surface area contributed by atoms with Gasteiger partial charge in [0.25, 0.3) is 0 Å². The van der Waals surface area contributed by atoms with E-state index in [4.69, 9.17) is 9.47 Å². The van der Waals surface area contributed by atoms with Crippen LogP contribution in [0.2, 0.25) is 0 Å². The van der Waals surface area contributed by atoms with Crippen molar-refractivity contribution in [1.82, 2.24) is 10.2 Å². The Labute approximate surface area is 144 Å². The molecule has 2 aromatic carbocycles. The molecule has 2 unspecified atom stereocenters. The lowest BCUT2D eigenvalue weighted by Crippen LogP contribution is -2.38. The van der Waals surface area contributed by atoms with Crippen LogP contribution in [0.1, 0.15) is 23.7 Å². The predicted octanol–water partition coefficient (Wildman–Crippen LogP) is 3.05. The molecule has 0 aliphatic carbocycles. The van der Waals surface area contributed by atoms with Gasteiger partial charge >= 0.3 is 0 Å². The third kappa shape index (κ3) is 4.35. The van der Waals surface area contributed by atoms with Gasteiger partial charge in [0.05, 0.1) is 6.54 Å². The molecule has 0 bridgehead atoms. The molecule has 24 heavy (non-hydrogen) atoms. The third-order valence-electron chi connectivity index (χ3n) is 4.12. The van der Waals surface area contributed by atoms with Crippen LogP contribution in [0.25, 0.3) is 0 Å². The second kappa shape index (κ2) is 8.29. The second-order valence-electron chi connectivity index (χ2n) is 6.37. The maximum absolute atomic E-state index is 6.23. The molecule has 1 aliphatic rings. The van der Waals surface area contributed by atoms with Gasteiger partial charge in [-0.25, -0.2) is 0 Å². The van der Waals surface area contributed by atoms with Gasteiger partial charge in [-0.15, -0.1) is 0 Å². The van der Waals surface area contributed by atoms with Crippen molar-refractivity contribution < 1.29 is 9.47 Å². The molecule has 0 saturated heterocycles. The number of ether oxygens (including phenoxy) is 2. The minimum atomic E-state index is -0.274. The molecule has 0 fully saturated rings. The third-order valence-corrected chi connectivity index (χ3v) is 4.12. The molecule has 0 spiro atoms. The number of nitrogens with one attached hydrogen (secondary N) is 1. The molecule has 3 rings (SSSR count). The van der Waals surface area contributed by atoms with E-state index in [-0.39, 0.29) is 12.4 Å². The zero-order valence-electron chi connectivity index (χ0n) is 14.4. The maximum Gasteiger partial charge on any atom is 0.213 e. The summed E-state index contributed by atoms with van der Waals surface area (Å²) in [5.74, 6) is 0.915. The normalized spacial score (nSPS) is 19.8. The standard InChI is InChI=1S/C20H26N2O2/c1-22(2)14-8-13-21-15-19-23-18-12-7-6-11-17(18)20(24-19)16-9-4-3-5-10-16/h3-7,9-12,19-21H,8,13-15H2,1-2H3. The van der Waals surface area contributed by atoms with Crippen LogP contribution < -0.4 is 10.1 Å². The molecular weight excluding hydrogens is 300 g/mol. The van der Waals surface area contributed by atoms with E-state index >= 15 is 0 Å². The van der Waals surface area contributed by atoms with Gasteiger partial charge in [-0.2, -0.15) is 0 Å². The van der Waals surface area contributed by atoms with Crippen LogP contribution in [-0.4, -0.2) is 44.9 Å². The topological polar surface area (TPSA) is 33.7 Å². The Hall–Kier alpha value is -1.88. The highest BCUT2D eigenvalue weighted by Crippen LogP contribution is 2.38. The summed E-state index contributed by atoms with van der Waals surface area (Å²) < 4.78 is 12.2. The Bertz CT molecular complexity index is 631. The largest absolute Gasteiger partial charge is 0.463 e. The average molecular weight is 326 g/mol. The van der Waals surface area contributed by atoms with E-state index in [1.165, 1.54) is 0 Å². The van der Waals surface area contributed by atoms with Crippen molar-refractivity contribution in [2.45, 2.75) is 18.8 Å². The first-order chi connectivity index (χ1) is 11.7. The van der Waals surface area contributed by atoms with Crippen LogP contribution >= 0.6 is 0 Å². The Balaban J connectivity index is 1.65. The van der Waals surface area contributed by atoms with Gasteiger partial charge in [0.1, 0.15) is 11.9 Å². The highest BCUT2D eigenvalue weighted by molar-refractivity contribution is 5.41. The van der Waals surface area contributed by atoms with Gasteiger partial charge in [-0.1, -0.05) is 48.5 Å². The molecule has 2 aromatic rings. The predicted molar refractivity (Wildman–Crippen MR) is 96.3 cm³/mol. The van der Waals surface area contributed by atoms with E-state index < -0.39 is 0 Å². The van der Waals surface area contributed by atoms with Gasteiger partial charge in [-0.05, 0) is 45.2 Å². The lowest BCUT2D eigenvalue weighted by molar-refractivity contribution is -0.124. The van der Waals surface area contributed by atoms with Crippen molar-refractivity contribution in [3.8, 4) is 5.75 Å². The van der Waals surface area contributed by atoms with Crippen molar-refractivity contribution in [3.63, 3.8) is 0 Å². The van der Waals surface area contributed by atoms with Crippen LogP contribution in [0.3, 0.4) is 0 Å². The van der Waals surface area contributed by atoms with Crippen LogP contribution in [0.4, 0.5) is 0 Å². The van der Waals surface area contributed by atoms with Gasteiger partial charge in [0.15, 0.2) is 0 Å². The van der Waals surface area contributed by atoms with Gasteiger partial charge in [-0.3, -0.25) is 0 Å². The number of para-hydroxylation sites is 1. The van der Waals surface area contributed by atoms with E-state index in [2.05, 4.69) is 42.5 Å². The molecular formula is C20H26N2O2. The number of hydrogen-bond acceptors (Lipinski definition) is 4. The Morgan fingerprint density at radius 3 is 2.54 bits per heavy atom. The number of fused-ring (bicyclic) bond motifs is 1. The lowest BCUT2D eigenvalue weighted by Gasteiger charge is -2.33. The number of hydrogen-bond donors (Lipinski definition) is 1. The maximum atomic E-state index is 6.23. The molecule has 128 valence electrons. The van der Waals surface area contributed by atoms with Crippen molar-refractivity contribution >= 4 is 0 Å². The fourth-order valence-corrected chi connectivity index (χ4v) is 2.91. The molecule has 1 heterocycles. The number of nitrogens with zero attached hydrogens (tertiary/aromatic N) is 1. The molecule has 0 amide bonds. The molecule has 2 atom stereocenters. The first-order valence-corrected chi connectivity index (χ1v) is 8.55. The number of rotatable bonds is 7. The van der Waals surface area contributed by atoms with Gasteiger partial charge in [0.2, 0.25) is 6.29 Å². The summed E-state index contributed by atoms with van der Waals surface area (Å²) in [4.78, 5) is 2.19. The molecule has 0 aromatic heterocycles. The Morgan fingerprint density at radius 1 is 1.00 bits per heavy atom. The quantitative estimate of drug-likeness (QED) is 0.793. The van der Waals surface area contributed by atoms with E-state index in [1.807, 2.05) is 36.4 Å². The van der Waals surface area contributed by atoms with Crippen molar-refractivity contribution in [2.24, 2.45) is 0 Å². The van der Waals surface area contributed by atoms with Crippen molar-refractivity contribution in [1.29, 1.82) is 0 Å². The first kappa shape index (κ1) is 17.0. The van der Waals surface area contributed by atoms with Crippen LogP contribution in [0.5, 0.6) is 5.75 Å². The molecule has 0 saturated carbocycles. The summed E-state index contributed by atoms with van der Waals surface area (Å²) >= 11 is 0. The molecule has 1 aliphatic heterocycles. The van der Waals surface area contributed by atoms with E-state index in [0.29, 0.717) is 6.54 Å². The highest BCUT2D eigenvalue weighted by Gasteiger charge is 2.29. The first-order valence-electron chi connectivity index (χ1n) is 8.55. The molecule has 4 heteroatoms. The lowest BCUT2D eigenvalue weighted by atomic mass is 9.99. The Kier molecular flexibility index (Phi) is 5.86. The zero-order chi connectivity index (χ0) is 16.8. The number of benzene rings is 2. The summed E-state index contributed by atoms with van der Waals surface area (Å²) in [6.07, 6.45) is 0.757. The fourth-order valence-electron chi connectivity index (χ4n) is 2.91. The SMILES string of the molecule is CN(C)CCCNCC1Oc2ccccc2C(c2ccccc2)O1. The zero-order valence-corrected chi connectivity index (χ0v) is 14.4. The van der Waals surface area contributed by atoms with E-state index in [0.717, 1.165) is 36.4 Å². The second-order valence-corrected chi connectivity index (χ2v) is 6.37. The smallest absolute Gasteiger partial charge is 0.213 e. The monoisotopic (exact) mass is 326 g/mol. The van der Waals surface area contributed by atoms with Gasteiger partial charge < -0.3 is 19.7 Å². The van der Waals surface area contributed by atoms with Gasteiger partial charge in [0, 0.05) is 5.56 Å². The van der Waals surface area contributed by atoms with Crippen LogP contribution in [0, 0.1) is 0 Å².